The number of anilines is 2. The summed E-state index contributed by atoms with van der Waals surface area (Å²) in [4.78, 5) is 11.5. The Hall–Kier alpha value is -3.30. The fraction of sp³-hybridized carbons (Fsp3) is 0.464. The van der Waals surface area contributed by atoms with Crippen molar-refractivity contribution in [2.45, 2.75) is 44.8 Å². The molecule has 0 saturated carbocycles. The van der Waals surface area contributed by atoms with Gasteiger partial charge >= 0.3 is 0 Å². The van der Waals surface area contributed by atoms with Crippen molar-refractivity contribution in [2.75, 3.05) is 50.1 Å². The van der Waals surface area contributed by atoms with Gasteiger partial charge in [0, 0.05) is 44.3 Å². The van der Waals surface area contributed by atoms with Crippen molar-refractivity contribution in [3.05, 3.63) is 48.4 Å². The Labute approximate surface area is 217 Å². The average molecular weight is 503 g/mol. The monoisotopic (exact) mass is 502 g/mol. The number of benzene rings is 2. The van der Waals surface area contributed by atoms with Gasteiger partial charge in [0.25, 0.3) is 0 Å². The van der Waals surface area contributed by atoms with Crippen molar-refractivity contribution in [1.82, 2.24) is 29.8 Å². The van der Waals surface area contributed by atoms with Gasteiger partial charge in [-0.25, -0.2) is 4.39 Å². The lowest BCUT2D eigenvalue weighted by Gasteiger charge is -2.42. The van der Waals surface area contributed by atoms with Gasteiger partial charge in [-0.3, -0.25) is 14.3 Å². The molecule has 2 fully saturated rings. The zero-order valence-corrected chi connectivity index (χ0v) is 22.0. The van der Waals surface area contributed by atoms with E-state index < -0.39 is 0 Å². The lowest BCUT2D eigenvalue weighted by atomic mass is 10.0. The van der Waals surface area contributed by atoms with Gasteiger partial charge < -0.3 is 15.1 Å². The number of rotatable bonds is 4. The molecule has 0 bridgehead atoms. The molecule has 0 aliphatic carbocycles. The van der Waals surface area contributed by atoms with E-state index in [1.54, 1.807) is 12.3 Å². The van der Waals surface area contributed by atoms with Crippen LogP contribution in [0.3, 0.4) is 0 Å². The van der Waals surface area contributed by atoms with Crippen LogP contribution in [-0.4, -0.2) is 82.9 Å². The second kappa shape index (κ2) is 9.54. The quantitative estimate of drug-likeness (QED) is 0.455. The molecule has 37 heavy (non-hydrogen) atoms. The third-order valence-corrected chi connectivity index (χ3v) is 8.37. The summed E-state index contributed by atoms with van der Waals surface area (Å²) in [5.74, 6) is 0.653. The Morgan fingerprint density at radius 2 is 1.62 bits per heavy atom. The van der Waals surface area contributed by atoms with Crippen LogP contribution in [0.4, 0.5) is 16.0 Å². The molecular formula is C28H35FN8. The highest BCUT2D eigenvalue weighted by Crippen LogP contribution is 2.31. The van der Waals surface area contributed by atoms with E-state index in [1.807, 2.05) is 31.3 Å². The molecule has 2 saturated heterocycles. The molecule has 2 aromatic heterocycles. The van der Waals surface area contributed by atoms with Gasteiger partial charge in [-0.05, 0) is 76.2 Å². The third-order valence-electron chi connectivity index (χ3n) is 8.37. The van der Waals surface area contributed by atoms with Crippen LogP contribution in [0, 0.1) is 5.82 Å². The van der Waals surface area contributed by atoms with Crippen LogP contribution < -0.4 is 15.1 Å². The number of nitrogens with one attached hydrogen (secondary N) is 1. The maximum absolute atomic E-state index is 15.3. The number of piperazine rings is 1. The van der Waals surface area contributed by atoms with Gasteiger partial charge in [0.1, 0.15) is 5.82 Å². The molecule has 194 valence electrons. The first-order valence-electron chi connectivity index (χ1n) is 13.3. The molecule has 0 spiro atoms. The van der Waals surface area contributed by atoms with Gasteiger partial charge in [-0.15, -0.1) is 10.2 Å². The maximum atomic E-state index is 15.3. The highest BCUT2D eigenvalue weighted by molar-refractivity contribution is 5.84. The van der Waals surface area contributed by atoms with Crippen LogP contribution in [0.15, 0.2) is 42.6 Å². The van der Waals surface area contributed by atoms with Crippen LogP contribution in [-0.2, 0) is 0 Å². The van der Waals surface area contributed by atoms with Crippen LogP contribution in [0.25, 0.3) is 27.8 Å². The molecule has 0 radical (unpaired) electrons. The minimum atomic E-state index is -0.178. The molecular weight excluding hydrogens is 467 g/mol. The number of halogens is 1. The topological polar surface area (TPSA) is 64.8 Å². The standard InChI is InChI=1S/C28H35FN8/c1-18-16-36(17-19(2)34(18)4)28-33-32-27-15-31-24-7-5-21(14-26(24)37(27)28)20-6-8-25(23(29)13-20)35-11-9-22(30-3)10-12-35/h5-8,13-15,18-19,22,30H,9-12,16-17H2,1-4H3/t18-,19+. The van der Waals surface area contributed by atoms with E-state index in [1.165, 1.54) is 0 Å². The van der Waals surface area contributed by atoms with Gasteiger partial charge in [-0.1, -0.05) is 12.1 Å². The van der Waals surface area contributed by atoms with Crippen LogP contribution >= 0.6 is 0 Å². The van der Waals surface area contributed by atoms with Crippen LogP contribution in [0.2, 0.25) is 0 Å². The summed E-state index contributed by atoms with van der Waals surface area (Å²) in [5, 5.41) is 12.3. The minimum absolute atomic E-state index is 0.178. The van der Waals surface area contributed by atoms with E-state index in [-0.39, 0.29) is 5.82 Å². The van der Waals surface area contributed by atoms with Gasteiger partial charge in [-0.2, -0.15) is 0 Å². The Bertz CT molecular complexity index is 1410. The number of nitrogens with zero attached hydrogens (tertiary/aromatic N) is 7. The Balaban J connectivity index is 1.36. The van der Waals surface area contributed by atoms with Crippen molar-refractivity contribution >= 4 is 28.3 Å². The van der Waals surface area contributed by atoms with E-state index in [9.17, 15) is 0 Å². The summed E-state index contributed by atoms with van der Waals surface area (Å²) in [5.41, 5.74) is 4.97. The van der Waals surface area contributed by atoms with E-state index in [0.717, 1.165) is 67.1 Å². The number of hydrogen-bond donors (Lipinski definition) is 1. The molecule has 0 amide bonds. The molecule has 6 rings (SSSR count). The largest absolute Gasteiger partial charge is 0.369 e. The Kier molecular flexibility index (Phi) is 6.20. The van der Waals surface area contributed by atoms with E-state index in [0.29, 0.717) is 29.5 Å². The van der Waals surface area contributed by atoms with Gasteiger partial charge in [0.05, 0.1) is 22.9 Å². The normalized spacial score (nSPS) is 21.9. The SMILES string of the molecule is CNC1CCN(c2ccc(-c3ccc4ncc5nnc(N6C[C@@H](C)N(C)[C@@H](C)C6)n5c4c3)cc2F)CC1. The summed E-state index contributed by atoms with van der Waals surface area (Å²) < 4.78 is 17.4. The molecule has 2 aliphatic rings. The van der Waals surface area contributed by atoms with Crippen molar-refractivity contribution in [3.63, 3.8) is 0 Å². The second-order valence-electron chi connectivity index (χ2n) is 10.6. The maximum Gasteiger partial charge on any atom is 0.232 e. The van der Waals surface area contributed by atoms with Crippen molar-refractivity contribution in [2.24, 2.45) is 0 Å². The van der Waals surface area contributed by atoms with E-state index in [2.05, 4.69) is 66.6 Å². The Morgan fingerprint density at radius 1 is 0.919 bits per heavy atom. The van der Waals surface area contributed by atoms with Crippen LogP contribution in [0.5, 0.6) is 0 Å². The highest BCUT2D eigenvalue weighted by atomic mass is 19.1. The fourth-order valence-electron chi connectivity index (χ4n) is 5.85. The molecule has 8 nitrogen and oxygen atoms in total. The highest BCUT2D eigenvalue weighted by Gasteiger charge is 2.29. The summed E-state index contributed by atoms with van der Waals surface area (Å²) in [6, 6.07) is 13.0. The van der Waals surface area contributed by atoms with E-state index in [4.69, 9.17) is 0 Å². The van der Waals surface area contributed by atoms with Crippen LogP contribution in [0.1, 0.15) is 26.7 Å². The number of hydrogen-bond acceptors (Lipinski definition) is 7. The third kappa shape index (κ3) is 4.30. The predicted molar refractivity (Wildman–Crippen MR) is 147 cm³/mol. The molecule has 1 N–H and O–H groups in total. The van der Waals surface area contributed by atoms with E-state index >= 15 is 4.39 Å². The number of aromatic nitrogens is 4. The predicted octanol–water partition coefficient (Wildman–Crippen LogP) is 3.80. The first-order chi connectivity index (χ1) is 17.9. The number of likely N-dealkylation sites (N-methyl/N-ethyl adjacent to an activating group) is 1. The molecule has 0 unspecified atom stereocenters. The van der Waals surface area contributed by atoms with Gasteiger partial charge in [0.2, 0.25) is 5.95 Å². The summed E-state index contributed by atoms with van der Waals surface area (Å²) >= 11 is 0. The summed E-state index contributed by atoms with van der Waals surface area (Å²) in [7, 11) is 4.17. The molecule has 2 aliphatic heterocycles. The van der Waals surface area contributed by atoms with Gasteiger partial charge in [0.15, 0.2) is 5.65 Å². The molecule has 4 heterocycles. The number of piperidine rings is 1. The molecule has 4 aromatic rings. The zero-order valence-electron chi connectivity index (χ0n) is 22.0. The first kappa shape index (κ1) is 24.1. The molecule has 2 aromatic carbocycles. The van der Waals surface area contributed by atoms with Crippen molar-refractivity contribution in [3.8, 4) is 11.1 Å². The molecule has 2 atom stereocenters. The summed E-state index contributed by atoms with van der Waals surface area (Å²) in [6.45, 7) is 7.96. The lowest BCUT2D eigenvalue weighted by molar-refractivity contribution is 0.169. The second-order valence-corrected chi connectivity index (χ2v) is 10.6. The first-order valence-corrected chi connectivity index (χ1v) is 13.3. The average Bonchev–Trinajstić information content (AvgIpc) is 3.36. The smallest absolute Gasteiger partial charge is 0.232 e. The Morgan fingerprint density at radius 3 is 2.32 bits per heavy atom. The lowest BCUT2D eigenvalue weighted by Crippen LogP contribution is -2.55. The fourth-order valence-corrected chi connectivity index (χ4v) is 5.85. The minimum Gasteiger partial charge on any atom is -0.369 e. The number of fused-ring (bicyclic) bond motifs is 3. The van der Waals surface area contributed by atoms with Crippen molar-refractivity contribution < 1.29 is 4.39 Å². The van der Waals surface area contributed by atoms with Crippen molar-refractivity contribution in [1.29, 1.82) is 0 Å². The molecule has 9 heteroatoms. The zero-order chi connectivity index (χ0) is 25.7. The summed E-state index contributed by atoms with van der Waals surface area (Å²) in [6.07, 6.45) is 3.82.